The summed E-state index contributed by atoms with van der Waals surface area (Å²) in [6.07, 6.45) is 10.4. The van der Waals surface area contributed by atoms with Crippen LogP contribution in [0.25, 0.3) is 0 Å². The lowest BCUT2D eigenvalue weighted by atomic mass is 9.81. The van der Waals surface area contributed by atoms with Crippen molar-refractivity contribution in [2.45, 2.75) is 104 Å². The lowest BCUT2D eigenvalue weighted by Gasteiger charge is -2.28. The number of carbonyl (C=O) groups is 2. The Hall–Kier alpha value is -1.50. The molecule has 1 aliphatic carbocycles. The largest absolute Gasteiger partial charge is 0.392 e. The normalized spacial score (nSPS) is 29.1. The maximum atomic E-state index is 11.5. The van der Waals surface area contributed by atoms with E-state index >= 15 is 0 Å². The van der Waals surface area contributed by atoms with E-state index in [0.29, 0.717) is 12.8 Å². The molecule has 2 rings (SSSR count). The number of carbonyl (C=O) groups excluding carboxylic acids is 2. The van der Waals surface area contributed by atoms with E-state index in [1.165, 1.54) is 12.5 Å². The average Bonchev–Trinajstić information content (AvgIpc) is 3.17. The SMILES string of the molecule is CC(=O)NC(=O)CCCC[C@@H]1C[C@@H]2[C@@H](C=C[C@@H](O)C(C)(C)CC=C(C)C)[C@H](O)C[C@@H]2O1. The third-order valence-corrected chi connectivity index (χ3v) is 6.64. The highest BCUT2D eigenvalue weighted by Gasteiger charge is 2.47. The number of unbranched alkanes of at least 4 members (excludes halogenated alkanes) is 1. The van der Waals surface area contributed by atoms with E-state index in [-0.39, 0.29) is 41.3 Å². The van der Waals surface area contributed by atoms with Gasteiger partial charge >= 0.3 is 0 Å². The fourth-order valence-electron chi connectivity index (χ4n) is 4.63. The van der Waals surface area contributed by atoms with Gasteiger partial charge in [-0.05, 0) is 50.9 Å². The Morgan fingerprint density at radius 3 is 2.55 bits per heavy atom. The molecule has 6 atom stereocenters. The second kappa shape index (κ2) is 11.4. The molecule has 0 aromatic heterocycles. The Balaban J connectivity index is 1.82. The Kier molecular flexibility index (Phi) is 9.46. The first-order chi connectivity index (χ1) is 14.5. The summed E-state index contributed by atoms with van der Waals surface area (Å²) in [5, 5.41) is 23.5. The number of ether oxygens (including phenoxy) is 1. The predicted octanol–water partition coefficient (Wildman–Crippen LogP) is 3.66. The molecule has 1 saturated heterocycles. The summed E-state index contributed by atoms with van der Waals surface area (Å²) in [5.74, 6) is -0.272. The number of hydrogen-bond donors (Lipinski definition) is 3. The molecule has 3 N–H and O–H groups in total. The number of allylic oxidation sites excluding steroid dienone is 2. The standard InChI is InChI=1S/C25H41NO5/c1-16(2)12-13-25(4,5)23(29)11-10-19-20-14-18(31-22(20)15-21(19)28)8-6-7-9-24(30)26-17(3)27/h10-12,18-23,28-29H,6-9,13-15H2,1-5H3,(H,26,27,30)/t18-,19-,20-,21-,22+,23-/m1/s1. The second-order valence-corrected chi connectivity index (χ2v) is 10.2. The highest BCUT2D eigenvalue weighted by atomic mass is 16.5. The van der Waals surface area contributed by atoms with Crippen LogP contribution in [0.15, 0.2) is 23.8 Å². The number of fused-ring (bicyclic) bond motifs is 1. The minimum Gasteiger partial charge on any atom is -0.392 e. The monoisotopic (exact) mass is 435 g/mol. The van der Waals surface area contributed by atoms with Crippen LogP contribution in [0.4, 0.5) is 0 Å². The van der Waals surface area contributed by atoms with E-state index in [1.807, 2.05) is 12.2 Å². The number of nitrogens with one attached hydrogen (secondary N) is 1. The van der Waals surface area contributed by atoms with Gasteiger partial charge in [-0.2, -0.15) is 0 Å². The first kappa shape index (κ1) is 25.8. The van der Waals surface area contributed by atoms with Gasteiger partial charge in [0, 0.05) is 25.7 Å². The molecule has 0 aromatic carbocycles. The molecule has 0 bridgehead atoms. The van der Waals surface area contributed by atoms with Crippen molar-refractivity contribution >= 4 is 11.8 Å². The number of amides is 2. The number of aliphatic hydroxyl groups is 2. The second-order valence-electron chi connectivity index (χ2n) is 10.2. The van der Waals surface area contributed by atoms with Gasteiger partial charge in [0.25, 0.3) is 0 Å². The Morgan fingerprint density at radius 1 is 1.19 bits per heavy atom. The molecule has 2 aliphatic rings. The molecule has 6 nitrogen and oxygen atoms in total. The lowest BCUT2D eigenvalue weighted by molar-refractivity contribution is -0.129. The predicted molar refractivity (Wildman–Crippen MR) is 121 cm³/mol. The summed E-state index contributed by atoms with van der Waals surface area (Å²) < 4.78 is 6.18. The zero-order valence-corrected chi connectivity index (χ0v) is 19.8. The molecule has 176 valence electrons. The molecule has 0 spiro atoms. The van der Waals surface area contributed by atoms with Gasteiger partial charge in [-0.1, -0.05) is 44.1 Å². The van der Waals surface area contributed by atoms with Gasteiger partial charge in [0.2, 0.25) is 11.8 Å². The van der Waals surface area contributed by atoms with Gasteiger partial charge in [0.15, 0.2) is 0 Å². The highest BCUT2D eigenvalue weighted by molar-refractivity contribution is 5.93. The molecule has 2 fully saturated rings. The van der Waals surface area contributed by atoms with Crippen molar-refractivity contribution in [3.63, 3.8) is 0 Å². The van der Waals surface area contributed by atoms with Crippen molar-refractivity contribution < 1.29 is 24.5 Å². The quantitative estimate of drug-likeness (QED) is 0.359. The van der Waals surface area contributed by atoms with Gasteiger partial charge < -0.3 is 14.9 Å². The minimum atomic E-state index is -0.575. The van der Waals surface area contributed by atoms with Gasteiger partial charge in [0.1, 0.15) is 0 Å². The average molecular weight is 436 g/mol. The fourth-order valence-corrected chi connectivity index (χ4v) is 4.63. The van der Waals surface area contributed by atoms with Crippen LogP contribution in [0, 0.1) is 17.3 Å². The summed E-state index contributed by atoms with van der Waals surface area (Å²) in [5.41, 5.74) is 0.979. The molecule has 0 aromatic rings. The van der Waals surface area contributed by atoms with Crippen molar-refractivity contribution in [3.05, 3.63) is 23.8 Å². The van der Waals surface area contributed by atoms with Crippen LogP contribution in [0.1, 0.15) is 79.6 Å². The summed E-state index contributed by atoms with van der Waals surface area (Å²) >= 11 is 0. The molecule has 2 amide bonds. The number of hydrogen-bond acceptors (Lipinski definition) is 5. The summed E-state index contributed by atoms with van der Waals surface area (Å²) in [6.45, 7) is 9.57. The lowest BCUT2D eigenvalue weighted by Crippen LogP contribution is -2.28. The van der Waals surface area contributed by atoms with Gasteiger partial charge in [-0.15, -0.1) is 0 Å². The van der Waals surface area contributed by atoms with E-state index in [4.69, 9.17) is 4.74 Å². The van der Waals surface area contributed by atoms with Crippen molar-refractivity contribution in [3.8, 4) is 0 Å². The zero-order chi connectivity index (χ0) is 23.2. The molecule has 6 heteroatoms. The van der Waals surface area contributed by atoms with E-state index in [2.05, 4.69) is 39.1 Å². The summed E-state index contributed by atoms with van der Waals surface area (Å²) in [4.78, 5) is 22.4. The van der Waals surface area contributed by atoms with Crippen molar-refractivity contribution in [1.82, 2.24) is 5.32 Å². The Bertz CT molecular complexity index is 679. The highest BCUT2D eigenvalue weighted by Crippen LogP contribution is 2.45. The minimum absolute atomic E-state index is 0.00486. The van der Waals surface area contributed by atoms with Gasteiger partial charge in [-0.3, -0.25) is 14.9 Å². The van der Waals surface area contributed by atoms with E-state index < -0.39 is 12.2 Å². The van der Waals surface area contributed by atoms with Gasteiger partial charge in [0.05, 0.1) is 24.4 Å². The zero-order valence-electron chi connectivity index (χ0n) is 19.8. The first-order valence-electron chi connectivity index (χ1n) is 11.6. The fraction of sp³-hybridized carbons (Fsp3) is 0.760. The van der Waals surface area contributed by atoms with E-state index in [0.717, 1.165) is 32.1 Å². The number of rotatable bonds is 10. The molecule has 1 aliphatic heterocycles. The molecule has 31 heavy (non-hydrogen) atoms. The molecule has 1 saturated carbocycles. The third kappa shape index (κ3) is 7.85. The van der Waals surface area contributed by atoms with E-state index in [9.17, 15) is 19.8 Å². The number of aliphatic hydroxyl groups excluding tert-OH is 2. The smallest absolute Gasteiger partial charge is 0.226 e. The molecular weight excluding hydrogens is 394 g/mol. The van der Waals surface area contributed by atoms with E-state index in [1.54, 1.807) is 0 Å². The van der Waals surface area contributed by atoms with Crippen molar-refractivity contribution in [2.24, 2.45) is 17.3 Å². The van der Waals surface area contributed by atoms with Crippen LogP contribution < -0.4 is 5.32 Å². The topological polar surface area (TPSA) is 95.9 Å². The first-order valence-corrected chi connectivity index (χ1v) is 11.6. The van der Waals surface area contributed by atoms with Crippen molar-refractivity contribution in [2.75, 3.05) is 0 Å². The van der Waals surface area contributed by atoms with Crippen LogP contribution in [0.2, 0.25) is 0 Å². The van der Waals surface area contributed by atoms with Crippen molar-refractivity contribution in [1.29, 1.82) is 0 Å². The molecule has 0 radical (unpaired) electrons. The Morgan fingerprint density at radius 2 is 1.90 bits per heavy atom. The summed E-state index contributed by atoms with van der Waals surface area (Å²) in [6, 6.07) is 0. The maximum absolute atomic E-state index is 11.5. The molecule has 1 heterocycles. The van der Waals surface area contributed by atoms with Crippen LogP contribution >= 0.6 is 0 Å². The van der Waals surface area contributed by atoms with Gasteiger partial charge in [-0.25, -0.2) is 0 Å². The Labute approximate surface area is 187 Å². The third-order valence-electron chi connectivity index (χ3n) is 6.64. The van der Waals surface area contributed by atoms with Crippen LogP contribution in [-0.4, -0.2) is 46.4 Å². The van der Waals surface area contributed by atoms with Crippen LogP contribution in [0.5, 0.6) is 0 Å². The van der Waals surface area contributed by atoms with Crippen LogP contribution in [-0.2, 0) is 14.3 Å². The van der Waals surface area contributed by atoms with Crippen LogP contribution in [0.3, 0.4) is 0 Å². The maximum Gasteiger partial charge on any atom is 0.226 e. The number of imide groups is 1. The molecule has 0 unspecified atom stereocenters. The molecular formula is C25H41NO5. The summed E-state index contributed by atoms with van der Waals surface area (Å²) in [7, 11) is 0.